The van der Waals surface area contributed by atoms with Gasteiger partial charge in [0.05, 0.1) is 24.1 Å². The first-order valence-electron chi connectivity index (χ1n) is 5.96. The Balaban J connectivity index is 1.89. The summed E-state index contributed by atoms with van der Waals surface area (Å²) in [5.74, 6) is 0.877. The van der Waals surface area contributed by atoms with Crippen LogP contribution in [0, 0.1) is 5.41 Å². The molecule has 2 aromatic rings. The summed E-state index contributed by atoms with van der Waals surface area (Å²) in [6.07, 6.45) is 0. The fraction of sp³-hybridized carbons (Fsp3) is 0.385. The van der Waals surface area contributed by atoms with E-state index in [1.807, 2.05) is 0 Å². The second kappa shape index (κ2) is 4.81. The van der Waals surface area contributed by atoms with Crippen molar-refractivity contribution in [3.63, 3.8) is 0 Å². The quantitative estimate of drug-likeness (QED) is 0.699. The minimum atomic E-state index is -0.126. The van der Waals surface area contributed by atoms with E-state index in [0.29, 0.717) is 21.1 Å². The van der Waals surface area contributed by atoms with Crippen LogP contribution < -0.4 is 5.56 Å². The second-order valence-electron chi connectivity index (χ2n) is 5.12. The van der Waals surface area contributed by atoms with Crippen molar-refractivity contribution < 1.29 is 4.74 Å². The third-order valence-electron chi connectivity index (χ3n) is 3.11. The molecular weight excluding hydrogens is 284 g/mol. The molecule has 19 heavy (non-hydrogen) atoms. The number of aromatic amines is 1. The summed E-state index contributed by atoms with van der Waals surface area (Å²) < 4.78 is 5.21. The van der Waals surface area contributed by atoms with Gasteiger partial charge in [-0.2, -0.15) is 0 Å². The normalized spacial score (nSPS) is 17.4. The van der Waals surface area contributed by atoms with Crippen molar-refractivity contribution in [1.29, 1.82) is 0 Å². The first-order valence-corrected chi connectivity index (χ1v) is 7.32. The highest BCUT2D eigenvalue weighted by Crippen LogP contribution is 2.32. The van der Waals surface area contributed by atoms with Gasteiger partial charge in [0, 0.05) is 16.2 Å². The monoisotopic (exact) mass is 296 g/mol. The molecule has 6 heteroatoms. The number of aromatic nitrogens is 2. The Kier molecular flexibility index (Phi) is 3.28. The summed E-state index contributed by atoms with van der Waals surface area (Å²) in [6, 6.07) is 5.10. The SMILES string of the molecule is CC1(CSc2nc3cc(Cl)ccc3c(=O)[nH]2)COC1. The molecule has 1 aromatic heterocycles. The fourth-order valence-corrected chi connectivity index (χ4v) is 3.08. The molecule has 0 bridgehead atoms. The van der Waals surface area contributed by atoms with Crippen molar-refractivity contribution in [3.05, 3.63) is 33.6 Å². The molecule has 0 atom stereocenters. The standard InChI is InChI=1S/C13H13ClN2O2S/c1-13(5-18-6-13)7-19-12-15-10-4-8(14)2-3-9(10)11(17)16-12/h2-4H,5-7H2,1H3,(H,15,16,17). The summed E-state index contributed by atoms with van der Waals surface area (Å²) >= 11 is 7.48. The van der Waals surface area contributed by atoms with E-state index >= 15 is 0 Å². The molecule has 4 nitrogen and oxygen atoms in total. The summed E-state index contributed by atoms with van der Waals surface area (Å²) in [7, 11) is 0. The Morgan fingerprint density at radius 2 is 2.32 bits per heavy atom. The highest BCUT2D eigenvalue weighted by molar-refractivity contribution is 7.99. The molecule has 2 heterocycles. The molecule has 0 spiro atoms. The van der Waals surface area contributed by atoms with Crippen molar-refractivity contribution in [1.82, 2.24) is 9.97 Å². The summed E-state index contributed by atoms with van der Waals surface area (Å²) in [5.41, 5.74) is 0.694. The summed E-state index contributed by atoms with van der Waals surface area (Å²) in [5, 5.41) is 1.78. The molecule has 0 saturated carbocycles. The number of rotatable bonds is 3. The molecule has 0 amide bonds. The Bertz CT molecular complexity index is 682. The lowest BCUT2D eigenvalue weighted by molar-refractivity contribution is -0.0861. The van der Waals surface area contributed by atoms with Crippen molar-refractivity contribution in [2.75, 3.05) is 19.0 Å². The van der Waals surface area contributed by atoms with Crippen LogP contribution in [0.25, 0.3) is 10.9 Å². The number of ether oxygens (including phenoxy) is 1. The van der Waals surface area contributed by atoms with Gasteiger partial charge in [-0.15, -0.1) is 0 Å². The van der Waals surface area contributed by atoms with E-state index in [-0.39, 0.29) is 11.0 Å². The van der Waals surface area contributed by atoms with Crippen LogP contribution in [0.5, 0.6) is 0 Å². The highest BCUT2D eigenvalue weighted by Gasteiger charge is 2.33. The molecular formula is C13H13ClN2O2S. The maximum Gasteiger partial charge on any atom is 0.259 e. The third kappa shape index (κ3) is 2.63. The van der Waals surface area contributed by atoms with Gasteiger partial charge in [0.25, 0.3) is 5.56 Å². The van der Waals surface area contributed by atoms with Crippen LogP contribution in [-0.4, -0.2) is 28.9 Å². The van der Waals surface area contributed by atoms with Crippen molar-refractivity contribution in [2.45, 2.75) is 12.1 Å². The Morgan fingerprint density at radius 3 is 3.00 bits per heavy atom. The number of nitrogens with zero attached hydrogens (tertiary/aromatic N) is 1. The zero-order chi connectivity index (χ0) is 13.5. The van der Waals surface area contributed by atoms with Crippen LogP contribution >= 0.6 is 23.4 Å². The van der Waals surface area contributed by atoms with Gasteiger partial charge in [-0.3, -0.25) is 4.79 Å². The molecule has 1 saturated heterocycles. The van der Waals surface area contributed by atoms with Crippen LogP contribution in [0.2, 0.25) is 5.02 Å². The van der Waals surface area contributed by atoms with Gasteiger partial charge in [-0.25, -0.2) is 4.98 Å². The van der Waals surface area contributed by atoms with Gasteiger partial charge in [0.1, 0.15) is 0 Å². The smallest absolute Gasteiger partial charge is 0.259 e. The molecule has 1 N–H and O–H groups in total. The number of nitrogens with one attached hydrogen (secondary N) is 1. The molecule has 0 unspecified atom stereocenters. The lowest BCUT2D eigenvalue weighted by Gasteiger charge is -2.37. The van der Waals surface area contributed by atoms with E-state index in [0.717, 1.165) is 19.0 Å². The minimum absolute atomic E-state index is 0.126. The average molecular weight is 297 g/mol. The first-order chi connectivity index (χ1) is 9.06. The Labute approximate surface area is 119 Å². The van der Waals surface area contributed by atoms with E-state index < -0.39 is 0 Å². The Morgan fingerprint density at radius 1 is 1.53 bits per heavy atom. The van der Waals surface area contributed by atoms with Gasteiger partial charge in [-0.1, -0.05) is 30.3 Å². The summed E-state index contributed by atoms with van der Waals surface area (Å²) in [4.78, 5) is 19.2. The number of fused-ring (bicyclic) bond motifs is 1. The zero-order valence-electron chi connectivity index (χ0n) is 10.4. The zero-order valence-corrected chi connectivity index (χ0v) is 12.0. The van der Waals surface area contributed by atoms with Gasteiger partial charge < -0.3 is 9.72 Å². The fourth-order valence-electron chi connectivity index (χ4n) is 1.94. The molecule has 1 aliphatic heterocycles. The predicted octanol–water partition coefficient (Wildman–Crippen LogP) is 2.71. The number of H-pyrrole nitrogens is 1. The molecule has 100 valence electrons. The average Bonchev–Trinajstić information content (AvgIpc) is 2.33. The molecule has 3 rings (SSSR count). The predicted molar refractivity (Wildman–Crippen MR) is 77.0 cm³/mol. The lowest BCUT2D eigenvalue weighted by Crippen LogP contribution is -2.41. The number of hydrogen-bond acceptors (Lipinski definition) is 4. The molecule has 0 aliphatic carbocycles. The first kappa shape index (κ1) is 13.0. The summed E-state index contributed by atoms with van der Waals surface area (Å²) in [6.45, 7) is 3.70. The molecule has 1 fully saturated rings. The van der Waals surface area contributed by atoms with Gasteiger partial charge in [-0.05, 0) is 18.2 Å². The van der Waals surface area contributed by atoms with E-state index in [1.165, 1.54) is 0 Å². The topological polar surface area (TPSA) is 55.0 Å². The molecule has 1 aliphatic rings. The highest BCUT2D eigenvalue weighted by atomic mass is 35.5. The van der Waals surface area contributed by atoms with Crippen molar-refractivity contribution in [2.24, 2.45) is 5.41 Å². The maximum atomic E-state index is 11.9. The van der Waals surface area contributed by atoms with Gasteiger partial charge in [0.15, 0.2) is 5.16 Å². The number of halogens is 1. The van der Waals surface area contributed by atoms with Crippen LogP contribution in [0.4, 0.5) is 0 Å². The lowest BCUT2D eigenvalue weighted by atomic mass is 9.92. The van der Waals surface area contributed by atoms with Crippen LogP contribution in [-0.2, 0) is 4.74 Å². The Hall–Kier alpha value is -1.04. The van der Waals surface area contributed by atoms with E-state index in [1.54, 1.807) is 30.0 Å². The van der Waals surface area contributed by atoms with Crippen molar-refractivity contribution in [3.8, 4) is 0 Å². The van der Waals surface area contributed by atoms with Crippen LogP contribution in [0.15, 0.2) is 28.2 Å². The van der Waals surface area contributed by atoms with Gasteiger partial charge in [0.2, 0.25) is 0 Å². The van der Waals surface area contributed by atoms with Crippen molar-refractivity contribution >= 4 is 34.3 Å². The van der Waals surface area contributed by atoms with Gasteiger partial charge >= 0.3 is 0 Å². The van der Waals surface area contributed by atoms with Crippen LogP contribution in [0.3, 0.4) is 0 Å². The maximum absolute atomic E-state index is 11.9. The molecule has 1 aromatic carbocycles. The number of hydrogen-bond donors (Lipinski definition) is 1. The largest absolute Gasteiger partial charge is 0.380 e. The number of thioether (sulfide) groups is 1. The number of benzene rings is 1. The second-order valence-corrected chi connectivity index (χ2v) is 6.53. The van der Waals surface area contributed by atoms with E-state index in [4.69, 9.17) is 16.3 Å². The third-order valence-corrected chi connectivity index (χ3v) is 4.65. The van der Waals surface area contributed by atoms with E-state index in [2.05, 4.69) is 16.9 Å². The minimum Gasteiger partial charge on any atom is -0.380 e. The van der Waals surface area contributed by atoms with E-state index in [9.17, 15) is 4.79 Å². The van der Waals surface area contributed by atoms with Crippen LogP contribution in [0.1, 0.15) is 6.92 Å². The molecule has 0 radical (unpaired) electrons.